The highest BCUT2D eigenvalue weighted by molar-refractivity contribution is 7.89. The van der Waals surface area contributed by atoms with Gasteiger partial charge in [0, 0.05) is 12.6 Å². The van der Waals surface area contributed by atoms with E-state index in [1.807, 2.05) is 0 Å². The Kier molecular flexibility index (Phi) is 6.19. The molecule has 22 heavy (non-hydrogen) atoms. The van der Waals surface area contributed by atoms with E-state index in [1.54, 1.807) is 0 Å². The molecule has 1 aliphatic rings. The van der Waals surface area contributed by atoms with Gasteiger partial charge in [0.25, 0.3) is 0 Å². The Labute approximate surface area is 131 Å². The van der Waals surface area contributed by atoms with Crippen LogP contribution in [0.4, 0.5) is 17.6 Å². The second-order valence-electron chi connectivity index (χ2n) is 4.78. The number of alkyl halides is 3. The van der Waals surface area contributed by atoms with Gasteiger partial charge in [-0.1, -0.05) is 0 Å². The summed E-state index contributed by atoms with van der Waals surface area (Å²) in [6, 6.07) is 1.54. The fourth-order valence-corrected chi connectivity index (χ4v) is 3.21. The predicted octanol–water partition coefficient (Wildman–Crippen LogP) is 2.30. The molecule has 0 aromatic heterocycles. The maximum atomic E-state index is 13.4. The summed E-state index contributed by atoms with van der Waals surface area (Å²) in [7, 11) is -4.03. The van der Waals surface area contributed by atoms with E-state index < -0.39 is 32.5 Å². The van der Waals surface area contributed by atoms with Crippen molar-refractivity contribution in [3.8, 4) is 0 Å². The van der Waals surface area contributed by atoms with Gasteiger partial charge >= 0.3 is 6.18 Å². The second kappa shape index (κ2) is 7.12. The van der Waals surface area contributed by atoms with Crippen LogP contribution in [0.25, 0.3) is 0 Å². The van der Waals surface area contributed by atoms with Gasteiger partial charge in [0.15, 0.2) is 0 Å². The molecule has 10 heteroatoms. The first kappa shape index (κ1) is 19.1. The Morgan fingerprint density at radius 2 is 2.00 bits per heavy atom. The number of rotatable bonds is 4. The number of sulfonamides is 1. The van der Waals surface area contributed by atoms with E-state index >= 15 is 0 Å². The molecule has 0 saturated carbocycles. The number of halogens is 5. The van der Waals surface area contributed by atoms with Crippen LogP contribution < -0.4 is 10.0 Å². The largest absolute Gasteiger partial charge is 0.419 e. The standard InChI is InChI=1S/C12H14F4N2O2S.ClH/c13-11-6-9(3-4-10(11)12(14,15)16)21(19,20)18-7-8-2-1-5-17-8;/h3-4,6,8,17-18H,1-2,5,7H2;1H. The van der Waals surface area contributed by atoms with Gasteiger partial charge in [-0.3, -0.25) is 0 Å². The minimum Gasteiger partial charge on any atom is -0.313 e. The van der Waals surface area contributed by atoms with Crippen molar-refractivity contribution in [2.24, 2.45) is 0 Å². The highest BCUT2D eigenvalue weighted by Crippen LogP contribution is 2.32. The molecule has 1 aliphatic heterocycles. The lowest BCUT2D eigenvalue weighted by Gasteiger charge is -2.13. The molecule has 1 fully saturated rings. The lowest BCUT2D eigenvalue weighted by molar-refractivity contribution is -0.140. The van der Waals surface area contributed by atoms with Crippen molar-refractivity contribution in [3.05, 3.63) is 29.6 Å². The molecule has 0 bridgehead atoms. The molecule has 2 N–H and O–H groups in total. The Balaban J connectivity index is 0.00000242. The van der Waals surface area contributed by atoms with Gasteiger partial charge in [-0.2, -0.15) is 13.2 Å². The van der Waals surface area contributed by atoms with E-state index in [1.165, 1.54) is 0 Å². The van der Waals surface area contributed by atoms with Crippen molar-refractivity contribution in [2.45, 2.75) is 30.0 Å². The molecule has 126 valence electrons. The number of hydrogen-bond acceptors (Lipinski definition) is 3. The van der Waals surface area contributed by atoms with Gasteiger partial charge in [-0.15, -0.1) is 12.4 Å². The lowest BCUT2D eigenvalue weighted by Crippen LogP contribution is -2.37. The minimum absolute atomic E-state index is 0. The zero-order chi connectivity index (χ0) is 15.7. The summed E-state index contributed by atoms with van der Waals surface area (Å²) >= 11 is 0. The van der Waals surface area contributed by atoms with Crippen LogP contribution in [0.5, 0.6) is 0 Å². The molecule has 0 spiro atoms. The Morgan fingerprint density at radius 1 is 1.32 bits per heavy atom. The molecule has 1 aromatic rings. The third kappa shape index (κ3) is 4.55. The molecule has 1 aromatic carbocycles. The van der Waals surface area contributed by atoms with Crippen molar-refractivity contribution in [1.29, 1.82) is 0 Å². The second-order valence-corrected chi connectivity index (χ2v) is 6.55. The van der Waals surface area contributed by atoms with Crippen LogP contribution in [0.3, 0.4) is 0 Å². The van der Waals surface area contributed by atoms with Crippen LogP contribution >= 0.6 is 12.4 Å². The molecule has 2 rings (SSSR count). The maximum Gasteiger partial charge on any atom is 0.419 e. The van der Waals surface area contributed by atoms with Crippen molar-refractivity contribution in [3.63, 3.8) is 0 Å². The van der Waals surface area contributed by atoms with Crippen molar-refractivity contribution in [2.75, 3.05) is 13.1 Å². The van der Waals surface area contributed by atoms with E-state index in [9.17, 15) is 26.0 Å². The van der Waals surface area contributed by atoms with Gasteiger partial charge < -0.3 is 5.32 Å². The molecular formula is C12H15ClF4N2O2S. The highest BCUT2D eigenvalue weighted by atomic mass is 35.5. The molecule has 1 unspecified atom stereocenters. The van der Waals surface area contributed by atoms with E-state index in [2.05, 4.69) is 10.0 Å². The average molecular weight is 363 g/mol. The molecular weight excluding hydrogens is 348 g/mol. The molecule has 4 nitrogen and oxygen atoms in total. The molecule has 0 radical (unpaired) electrons. The van der Waals surface area contributed by atoms with Crippen LogP contribution in [0.15, 0.2) is 23.1 Å². The first-order chi connectivity index (χ1) is 9.70. The van der Waals surface area contributed by atoms with Gasteiger partial charge in [0.2, 0.25) is 10.0 Å². The summed E-state index contributed by atoms with van der Waals surface area (Å²) in [5, 5.41) is 3.07. The topological polar surface area (TPSA) is 58.2 Å². The van der Waals surface area contributed by atoms with Crippen molar-refractivity contribution < 1.29 is 26.0 Å². The SMILES string of the molecule is Cl.O=S(=O)(NCC1CCCN1)c1ccc(C(F)(F)F)c(F)c1. The van der Waals surface area contributed by atoms with Gasteiger partial charge in [0.05, 0.1) is 10.5 Å². The molecule has 1 saturated heterocycles. The summed E-state index contributed by atoms with van der Waals surface area (Å²) < 4.78 is 76.7. The Bertz CT molecular complexity index is 616. The third-order valence-electron chi connectivity index (χ3n) is 3.24. The number of benzene rings is 1. The zero-order valence-corrected chi connectivity index (χ0v) is 12.9. The van der Waals surface area contributed by atoms with Crippen LogP contribution in [-0.4, -0.2) is 27.5 Å². The maximum absolute atomic E-state index is 13.4. The zero-order valence-electron chi connectivity index (χ0n) is 11.3. The summed E-state index contributed by atoms with van der Waals surface area (Å²) in [4.78, 5) is -0.522. The van der Waals surface area contributed by atoms with E-state index in [-0.39, 0.29) is 25.0 Å². The third-order valence-corrected chi connectivity index (χ3v) is 4.66. The minimum atomic E-state index is -4.85. The van der Waals surface area contributed by atoms with Crippen LogP contribution in [0.1, 0.15) is 18.4 Å². The van der Waals surface area contributed by atoms with E-state index in [0.29, 0.717) is 12.1 Å². The van der Waals surface area contributed by atoms with E-state index in [0.717, 1.165) is 25.5 Å². The monoisotopic (exact) mass is 362 g/mol. The highest BCUT2D eigenvalue weighted by Gasteiger charge is 2.34. The summed E-state index contributed by atoms with van der Waals surface area (Å²) in [6.07, 6.45) is -3.11. The fraction of sp³-hybridized carbons (Fsp3) is 0.500. The first-order valence-electron chi connectivity index (χ1n) is 6.30. The normalized spacial score (nSPS) is 19.0. The van der Waals surface area contributed by atoms with Crippen LogP contribution in [0, 0.1) is 5.82 Å². The summed E-state index contributed by atoms with van der Waals surface area (Å²) in [5.41, 5.74) is -1.49. The molecule has 1 heterocycles. The van der Waals surface area contributed by atoms with Gasteiger partial charge in [-0.25, -0.2) is 17.5 Å². The van der Waals surface area contributed by atoms with E-state index in [4.69, 9.17) is 0 Å². The molecule has 1 atom stereocenters. The van der Waals surface area contributed by atoms with Crippen molar-refractivity contribution >= 4 is 22.4 Å². The number of nitrogens with one attached hydrogen (secondary N) is 2. The quantitative estimate of drug-likeness (QED) is 0.808. The Hall–Kier alpha value is -0.900. The average Bonchev–Trinajstić information content (AvgIpc) is 2.88. The van der Waals surface area contributed by atoms with Gasteiger partial charge in [-0.05, 0) is 37.6 Å². The fourth-order valence-electron chi connectivity index (χ4n) is 2.12. The molecule has 0 aliphatic carbocycles. The van der Waals surface area contributed by atoms with Crippen LogP contribution in [-0.2, 0) is 16.2 Å². The number of hydrogen-bond donors (Lipinski definition) is 2. The van der Waals surface area contributed by atoms with Crippen LogP contribution in [0.2, 0.25) is 0 Å². The predicted molar refractivity (Wildman–Crippen MR) is 74.9 cm³/mol. The summed E-state index contributed by atoms with van der Waals surface area (Å²) in [6.45, 7) is 0.909. The smallest absolute Gasteiger partial charge is 0.313 e. The first-order valence-corrected chi connectivity index (χ1v) is 7.78. The van der Waals surface area contributed by atoms with Crippen molar-refractivity contribution in [1.82, 2.24) is 10.0 Å². The lowest BCUT2D eigenvalue weighted by atomic mass is 10.2. The Morgan fingerprint density at radius 3 is 2.50 bits per heavy atom. The van der Waals surface area contributed by atoms with Gasteiger partial charge in [0.1, 0.15) is 5.82 Å². The summed E-state index contributed by atoms with van der Waals surface area (Å²) in [5.74, 6) is -1.61. The molecule has 0 amide bonds.